The Balaban J connectivity index is 1.64. The number of hydrazine groups is 1. The summed E-state index contributed by atoms with van der Waals surface area (Å²) in [6.07, 6.45) is 1.50. The van der Waals surface area contributed by atoms with Crippen LogP contribution >= 0.6 is 31.9 Å². The van der Waals surface area contributed by atoms with Gasteiger partial charge in [-0.1, -0.05) is 56.1 Å². The minimum absolute atomic E-state index is 0.0176. The van der Waals surface area contributed by atoms with Crippen molar-refractivity contribution in [1.29, 1.82) is 5.26 Å². The number of amides is 2. The third-order valence-electron chi connectivity index (χ3n) is 4.95. The summed E-state index contributed by atoms with van der Waals surface area (Å²) in [5.41, 5.74) is 7.58. The average Bonchev–Trinajstić information content (AvgIpc) is 3.29. The normalized spacial score (nSPS) is 10.4. The first-order valence-electron chi connectivity index (χ1n) is 9.84. The SMILES string of the molecule is N#Cc1cc(C(=O)NNC(=O)c2occ(-c3ccc(Br)cc3)c2-c2ccc(Br)cc2)ccc1O. The molecule has 0 spiro atoms. The van der Waals surface area contributed by atoms with E-state index in [1.165, 1.54) is 24.5 Å². The van der Waals surface area contributed by atoms with Gasteiger partial charge in [0.2, 0.25) is 5.76 Å². The maximum Gasteiger partial charge on any atom is 0.306 e. The Kier molecular flexibility index (Phi) is 6.82. The summed E-state index contributed by atoms with van der Waals surface area (Å²) in [4.78, 5) is 25.4. The van der Waals surface area contributed by atoms with Crippen LogP contribution in [0.3, 0.4) is 0 Å². The van der Waals surface area contributed by atoms with Crippen LogP contribution in [0.5, 0.6) is 5.75 Å². The van der Waals surface area contributed by atoms with E-state index in [1.807, 2.05) is 48.5 Å². The standard InChI is InChI=1S/C25H15Br2N3O4/c26-18-6-1-14(2-7-18)20-13-34-23(22(20)15-3-8-19(27)9-4-15)25(33)30-29-24(32)16-5-10-21(31)17(11-16)12-28/h1-11,13,31H,(H,29,32)(H,30,33). The van der Waals surface area contributed by atoms with Crippen molar-refractivity contribution in [2.75, 3.05) is 0 Å². The number of nitrogens with zero attached hydrogens (tertiary/aromatic N) is 1. The lowest BCUT2D eigenvalue weighted by molar-refractivity contribution is 0.0831. The number of hydrogen-bond acceptors (Lipinski definition) is 5. The number of benzene rings is 3. The fourth-order valence-electron chi connectivity index (χ4n) is 3.28. The first kappa shape index (κ1) is 23.3. The average molecular weight is 581 g/mol. The van der Waals surface area contributed by atoms with E-state index in [4.69, 9.17) is 9.68 Å². The molecule has 4 aromatic rings. The number of nitrogens with one attached hydrogen (secondary N) is 2. The summed E-state index contributed by atoms with van der Waals surface area (Å²) in [6, 6.07) is 20.6. The molecule has 0 unspecified atom stereocenters. The molecule has 168 valence electrons. The van der Waals surface area contributed by atoms with Gasteiger partial charge < -0.3 is 9.52 Å². The zero-order chi connectivity index (χ0) is 24.2. The lowest BCUT2D eigenvalue weighted by Crippen LogP contribution is -2.41. The highest BCUT2D eigenvalue weighted by atomic mass is 79.9. The number of phenols is 1. The van der Waals surface area contributed by atoms with Gasteiger partial charge >= 0.3 is 5.91 Å². The smallest absolute Gasteiger partial charge is 0.306 e. The van der Waals surface area contributed by atoms with Crippen LogP contribution in [0.15, 0.2) is 86.4 Å². The summed E-state index contributed by atoms with van der Waals surface area (Å²) >= 11 is 6.83. The van der Waals surface area contributed by atoms with E-state index >= 15 is 0 Å². The molecule has 1 aromatic heterocycles. The molecule has 0 radical (unpaired) electrons. The summed E-state index contributed by atoms with van der Waals surface area (Å²) in [5, 5.41) is 18.6. The van der Waals surface area contributed by atoms with E-state index in [0.717, 1.165) is 20.1 Å². The van der Waals surface area contributed by atoms with Crippen LogP contribution in [-0.2, 0) is 0 Å². The van der Waals surface area contributed by atoms with Crippen LogP contribution in [0.1, 0.15) is 26.5 Å². The topological polar surface area (TPSA) is 115 Å². The molecule has 4 rings (SSSR count). The quantitative estimate of drug-likeness (QED) is 0.264. The number of furan rings is 1. The zero-order valence-corrected chi connectivity index (χ0v) is 20.5. The van der Waals surface area contributed by atoms with E-state index in [0.29, 0.717) is 11.1 Å². The van der Waals surface area contributed by atoms with Gasteiger partial charge in [-0.05, 0) is 53.6 Å². The molecule has 0 atom stereocenters. The zero-order valence-electron chi connectivity index (χ0n) is 17.3. The number of nitriles is 1. The predicted molar refractivity (Wildman–Crippen MR) is 133 cm³/mol. The fraction of sp³-hybridized carbons (Fsp3) is 0. The Bertz CT molecular complexity index is 1420. The van der Waals surface area contributed by atoms with Gasteiger partial charge in [0.15, 0.2) is 0 Å². The van der Waals surface area contributed by atoms with Crippen LogP contribution in [0, 0.1) is 11.3 Å². The highest BCUT2D eigenvalue weighted by molar-refractivity contribution is 9.10. The Morgan fingerprint density at radius 2 is 1.44 bits per heavy atom. The maximum absolute atomic E-state index is 13.0. The first-order chi connectivity index (χ1) is 16.4. The van der Waals surface area contributed by atoms with Crippen molar-refractivity contribution in [1.82, 2.24) is 10.9 Å². The summed E-state index contributed by atoms with van der Waals surface area (Å²) < 4.78 is 7.45. The molecule has 7 nitrogen and oxygen atoms in total. The van der Waals surface area contributed by atoms with Gasteiger partial charge in [0.05, 0.1) is 11.8 Å². The summed E-state index contributed by atoms with van der Waals surface area (Å²) in [6.45, 7) is 0. The Morgan fingerprint density at radius 1 is 0.853 bits per heavy atom. The summed E-state index contributed by atoms with van der Waals surface area (Å²) in [5.74, 6) is -1.54. The first-order valence-corrected chi connectivity index (χ1v) is 11.4. The third-order valence-corrected chi connectivity index (χ3v) is 6.01. The number of carbonyl (C=O) groups is 2. The lowest BCUT2D eigenvalue weighted by Gasteiger charge is -2.10. The molecule has 1 heterocycles. The van der Waals surface area contributed by atoms with Crippen LogP contribution in [-0.4, -0.2) is 16.9 Å². The molecule has 0 aliphatic carbocycles. The molecule has 0 saturated heterocycles. The van der Waals surface area contributed by atoms with Crippen molar-refractivity contribution < 1.29 is 19.1 Å². The molecule has 3 N–H and O–H groups in total. The maximum atomic E-state index is 13.0. The number of carbonyl (C=O) groups excluding carboxylic acids is 2. The van der Waals surface area contributed by atoms with E-state index in [-0.39, 0.29) is 22.6 Å². The van der Waals surface area contributed by atoms with Gasteiger partial charge in [-0.2, -0.15) is 5.26 Å². The highest BCUT2D eigenvalue weighted by Crippen LogP contribution is 2.37. The van der Waals surface area contributed by atoms with Gasteiger partial charge in [0.1, 0.15) is 11.8 Å². The van der Waals surface area contributed by atoms with Crippen LogP contribution in [0.2, 0.25) is 0 Å². The molecule has 0 bridgehead atoms. The molecule has 0 saturated carbocycles. The third kappa shape index (κ3) is 4.88. The molecule has 3 aromatic carbocycles. The van der Waals surface area contributed by atoms with Crippen molar-refractivity contribution in [3.8, 4) is 34.1 Å². The molecular weight excluding hydrogens is 566 g/mol. The number of aromatic hydroxyl groups is 1. The van der Waals surface area contributed by atoms with Crippen LogP contribution < -0.4 is 10.9 Å². The van der Waals surface area contributed by atoms with Crippen molar-refractivity contribution in [2.45, 2.75) is 0 Å². The number of hydrogen-bond donors (Lipinski definition) is 3. The van der Waals surface area contributed by atoms with Gasteiger partial charge in [-0.3, -0.25) is 20.4 Å². The molecule has 0 aliphatic heterocycles. The van der Waals surface area contributed by atoms with Gasteiger partial charge in [0.25, 0.3) is 5.91 Å². The van der Waals surface area contributed by atoms with Crippen molar-refractivity contribution in [3.05, 3.63) is 98.8 Å². The highest BCUT2D eigenvalue weighted by Gasteiger charge is 2.23. The summed E-state index contributed by atoms with van der Waals surface area (Å²) in [7, 11) is 0. The molecule has 0 aliphatic rings. The van der Waals surface area contributed by atoms with E-state index < -0.39 is 11.8 Å². The predicted octanol–water partition coefficient (Wildman–Crippen LogP) is 5.79. The second kappa shape index (κ2) is 9.95. The van der Waals surface area contributed by atoms with Crippen LogP contribution in [0.4, 0.5) is 0 Å². The Hall–Kier alpha value is -3.87. The monoisotopic (exact) mass is 579 g/mol. The largest absolute Gasteiger partial charge is 0.507 e. The second-order valence-corrected chi connectivity index (χ2v) is 8.95. The Labute approximate surface area is 211 Å². The van der Waals surface area contributed by atoms with E-state index in [2.05, 4.69) is 42.7 Å². The van der Waals surface area contributed by atoms with Crippen molar-refractivity contribution >= 4 is 43.7 Å². The van der Waals surface area contributed by atoms with Crippen LogP contribution in [0.25, 0.3) is 22.3 Å². The minimum atomic E-state index is -0.658. The Morgan fingerprint density at radius 3 is 2.06 bits per heavy atom. The number of halogens is 2. The van der Waals surface area contributed by atoms with Gasteiger partial charge in [0, 0.05) is 25.6 Å². The van der Waals surface area contributed by atoms with Gasteiger partial charge in [-0.15, -0.1) is 0 Å². The molecular formula is C25H15Br2N3O4. The van der Waals surface area contributed by atoms with Crippen molar-refractivity contribution in [3.63, 3.8) is 0 Å². The van der Waals surface area contributed by atoms with Gasteiger partial charge in [-0.25, -0.2) is 0 Å². The number of phenolic OH excluding ortho intramolecular Hbond substituents is 1. The van der Waals surface area contributed by atoms with E-state index in [1.54, 1.807) is 6.07 Å². The van der Waals surface area contributed by atoms with Crippen molar-refractivity contribution in [2.24, 2.45) is 0 Å². The second-order valence-electron chi connectivity index (χ2n) is 7.12. The molecule has 2 amide bonds. The lowest BCUT2D eigenvalue weighted by atomic mass is 9.96. The molecule has 9 heteroatoms. The van der Waals surface area contributed by atoms with E-state index in [9.17, 15) is 14.7 Å². The minimum Gasteiger partial charge on any atom is -0.507 e. The molecule has 0 fully saturated rings. The molecule has 34 heavy (non-hydrogen) atoms. The fourth-order valence-corrected chi connectivity index (χ4v) is 3.81. The number of rotatable bonds is 4.